The number of nitrogens with one attached hydrogen (secondary N) is 1. The highest BCUT2D eigenvalue weighted by Gasteiger charge is 2.17. The van der Waals surface area contributed by atoms with Crippen molar-refractivity contribution >= 4 is 29.1 Å². The van der Waals surface area contributed by atoms with Gasteiger partial charge in [0.1, 0.15) is 5.82 Å². The standard InChI is InChI=1S/C18H19Cl2FN2O/c1-23(2)8-7-17(12-3-5-16(21)6-4-12)22-18(24)13-9-14(19)11-15(20)10-13/h3-6,9-11,17H,7-8H2,1-2H3,(H,22,24). The minimum absolute atomic E-state index is 0.238. The van der Waals surface area contributed by atoms with E-state index in [0.29, 0.717) is 22.0 Å². The van der Waals surface area contributed by atoms with Crippen molar-refractivity contribution in [3.05, 3.63) is 69.5 Å². The van der Waals surface area contributed by atoms with Crippen LogP contribution in [0.2, 0.25) is 10.0 Å². The third-order valence-electron chi connectivity index (χ3n) is 3.57. The van der Waals surface area contributed by atoms with Gasteiger partial charge in [-0.1, -0.05) is 35.3 Å². The van der Waals surface area contributed by atoms with Crippen LogP contribution in [0.25, 0.3) is 0 Å². The van der Waals surface area contributed by atoms with Gasteiger partial charge in [-0.05, 0) is 63.0 Å². The first-order chi connectivity index (χ1) is 11.3. The van der Waals surface area contributed by atoms with Crippen molar-refractivity contribution in [2.24, 2.45) is 0 Å². The summed E-state index contributed by atoms with van der Waals surface area (Å²) in [7, 11) is 3.92. The van der Waals surface area contributed by atoms with Crippen LogP contribution in [-0.2, 0) is 0 Å². The van der Waals surface area contributed by atoms with Crippen molar-refractivity contribution in [1.29, 1.82) is 0 Å². The molecule has 2 aromatic rings. The molecule has 0 aliphatic rings. The van der Waals surface area contributed by atoms with Crippen molar-refractivity contribution in [3.63, 3.8) is 0 Å². The Morgan fingerprint density at radius 3 is 2.25 bits per heavy atom. The Kier molecular flexibility index (Phi) is 6.60. The van der Waals surface area contributed by atoms with E-state index in [1.165, 1.54) is 12.1 Å². The molecule has 0 aliphatic carbocycles. The Labute approximate surface area is 151 Å². The van der Waals surface area contributed by atoms with Gasteiger partial charge in [0.2, 0.25) is 0 Å². The van der Waals surface area contributed by atoms with Gasteiger partial charge in [-0.2, -0.15) is 0 Å². The predicted molar refractivity (Wildman–Crippen MR) is 96.2 cm³/mol. The summed E-state index contributed by atoms with van der Waals surface area (Å²) in [6, 6.07) is 10.6. The second-order valence-corrected chi connectivity index (χ2v) is 6.70. The van der Waals surface area contributed by atoms with Gasteiger partial charge in [0.25, 0.3) is 5.91 Å². The summed E-state index contributed by atoms with van der Waals surface area (Å²) in [5.74, 6) is -0.578. The van der Waals surface area contributed by atoms with Crippen LogP contribution in [-0.4, -0.2) is 31.4 Å². The third-order valence-corrected chi connectivity index (χ3v) is 4.00. The van der Waals surface area contributed by atoms with Crippen molar-refractivity contribution < 1.29 is 9.18 Å². The van der Waals surface area contributed by atoms with Crippen molar-refractivity contribution in [3.8, 4) is 0 Å². The van der Waals surface area contributed by atoms with Gasteiger partial charge in [0, 0.05) is 15.6 Å². The van der Waals surface area contributed by atoms with Crippen LogP contribution >= 0.6 is 23.2 Å². The Hall–Kier alpha value is -1.62. The molecule has 24 heavy (non-hydrogen) atoms. The second kappa shape index (κ2) is 8.47. The lowest BCUT2D eigenvalue weighted by atomic mass is 10.0. The van der Waals surface area contributed by atoms with Crippen molar-refractivity contribution in [1.82, 2.24) is 10.2 Å². The number of halogens is 3. The molecule has 0 fully saturated rings. The summed E-state index contributed by atoms with van der Waals surface area (Å²) in [5, 5.41) is 3.78. The molecule has 2 aromatic carbocycles. The SMILES string of the molecule is CN(C)CCC(NC(=O)c1cc(Cl)cc(Cl)c1)c1ccc(F)cc1. The molecule has 1 atom stereocenters. The van der Waals surface area contributed by atoms with Crippen LogP contribution in [0.5, 0.6) is 0 Å². The molecule has 1 N–H and O–H groups in total. The number of rotatable bonds is 6. The molecule has 1 amide bonds. The fourth-order valence-electron chi connectivity index (χ4n) is 2.33. The quantitative estimate of drug-likeness (QED) is 0.810. The summed E-state index contributed by atoms with van der Waals surface area (Å²) in [4.78, 5) is 14.6. The topological polar surface area (TPSA) is 32.3 Å². The van der Waals surface area contributed by atoms with Gasteiger partial charge in [-0.25, -0.2) is 4.39 Å². The Bertz CT molecular complexity index is 684. The highest BCUT2D eigenvalue weighted by atomic mass is 35.5. The normalized spacial score (nSPS) is 12.2. The molecule has 128 valence electrons. The largest absolute Gasteiger partial charge is 0.345 e. The Morgan fingerprint density at radius 2 is 1.71 bits per heavy atom. The number of amides is 1. The first-order valence-corrected chi connectivity index (χ1v) is 8.28. The van der Waals surface area contributed by atoms with Crippen molar-refractivity contribution in [2.75, 3.05) is 20.6 Å². The average Bonchev–Trinajstić information content (AvgIpc) is 2.51. The van der Waals surface area contributed by atoms with E-state index in [1.54, 1.807) is 30.3 Å². The smallest absolute Gasteiger partial charge is 0.251 e. The second-order valence-electron chi connectivity index (χ2n) is 5.83. The summed E-state index contributed by atoms with van der Waals surface area (Å²) in [6.07, 6.45) is 0.693. The van der Waals surface area contributed by atoms with Crippen molar-refractivity contribution in [2.45, 2.75) is 12.5 Å². The molecule has 0 spiro atoms. The van der Waals surface area contributed by atoms with Crippen LogP contribution in [0, 0.1) is 5.82 Å². The lowest BCUT2D eigenvalue weighted by molar-refractivity contribution is 0.0932. The van der Waals surface area contributed by atoms with E-state index in [4.69, 9.17) is 23.2 Å². The van der Waals surface area contributed by atoms with Crippen LogP contribution in [0.1, 0.15) is 28.4 Å². The van der Waals surface area contributed by atoms with E-state index in [9.17, 15) is 9.18 Å². The molecule has 1 unspecified atom stereocenters. The fraction of sp³-hybridized carbons (Fsp3) is 0.278. The number of hydrogen-bond acceptors (Lipinski definition) is 2. The van der Waals surface area contributed by atoms with Gasteiger partial charge in [0.05, 0.1) is 6.04 Å². The lowest BCUT2D eigenvalue weighted by Gasteiger charge is -2.21. The van der Waals surface area contributed by atoms with Crippen LogP contribution in [0.4, 0.5) is 4.39 Å². The van der Waals surface area contributed by atoms with Gasteiger partial charge in [-0.3, -0.25) is 4.79 Å². The molecule has 6 heteroatoms. The van der Waals surface area contributed by atoms with E-state index < -0.39 is 0 Å². The highest BCUT2D eigenvalue weighted by Crippen LogP contribution is 2.22. The summed E-state index contributed by atoms with van der Waals surface area (Å²) < 4.78 is 13.2. The molecular formula is C18H19Cl2FN2O. The maximum absolute atomic E-state index is 13.2. The number of hydrogen-bond donors (Lipinski definition) is 1. The number of nitrogens with zero attached hydrogens (tertiary/aromatic N) is 1. The first kappa shape index (κ1) is 18.7. The van der Waals surface area contributed by atoms with Crippen LogP contribution in [0.3, 0.4) is 0 Å². The molecule has 2 rings (SSSR count). The number of carbonyl (C=O) groups excluding carboxylic acids is 1. The lowest BCUT2D eigenvalue weighted by Crippen LogP contribution is -2.31. The summed E-state index contributed by atoms with van der Waals surface area (Å²) in [6.45, 7) is 0.776. The minimum atomic E-state index is -0.307. The zero-order valence-electron chi connectivity index (χ0n) is 13.5. The Morgan fingerprint density at radius 1 is 1.12 bits per heavy atom. The maximum atomic E-state index is 13.2. The van der Waals surface area contributed by atoms with Crippen LogP contribution < -0.4 is 5.32 Å². The third kappa shape index (κ3) is 5.48. The molecule has 3 nitrogen and oxygen atoms in total. The molecule has 0 heterocycles. The average molecular weight is 369 g/mol. The predicted octanol–water partition coefficient (Wildman–Crippen LogP) is 4.56. The molecule has 0 bridgehead atoms. The molecule has 0 aliphatic heterocycles. The molecule has 0 saturated carbocycles. The number of carbonyl (C=O) groups is 1. The molecule has 0 saturated heterocycles. The maximum Gasteiger partial charge on any atom is 0.251 e. The van der Waals surface area contributed by atoms with E-state index in [-0.39, 0.29) is 17.8 Å². The zero-order chi connectivity index (χ0) is 17.7. The number of benzene rings is 2. The van der Waals surface area contributed by atoms with E-state index >= 15 is 0 Å². The van der Waals surface area contributed by atoms with E-state index in [0.717, 1.165) is 12.1 Å². The fourth-order valence-corrected chi connectivity index (χ4v) is 2.86. The van der Waals surface area contributed by atoms with Gasteiger partial charge in [-0.15, -0.1) is 0 Å². The summed E-state index contributed by atoms with van der Waals surface area (Å²) >= 11 is 11.9. The minimum Gasteiger partial charge on any atom is -0.345 e. The Balaban J connectivity index is 2.20. The molecule has 0 aromatic heterocycles. The van der Waals surface area contributed by atoms with Gasteiger partial charge in [0.15, 0.2) is 0 Å². The molecular weight excluding hydrogens is 350 g/mol. The van der Waals surface area contributed by atoms with E-state index in [1.807, 2.05) is 19.0 Å². The highest BCUT2D eigenvalue weighted by molar-refractivity contribution is 6.35. The van der Waals surface area contributed by atoms with E-state index in [2.05, 4.69) is 5.32 Å². The van der Waals surface area contributed by atoms with Gasteiger partial charge >= 0.3 is 0 Å². The molecule has 0 radical (unpaired) electrons. The first-order valence-electron chi connectivity index (χ1n) is 7.52. The van der Waals surface area contributed by atoms with Gasteiger partial charge < -0.3 is 10.2 Å². The summed E-state index contributed by atoms with van der Waals surface area (Å²) in [5.41, 5.74) is 1.24. The van der Waals surface area contributed by atoms with Crippen LogP contribution in [0.15, 0.2) is 42.5 Å². The monoisotopic (exact) mass is 368 g/mol. The zero-order valence-corrected chi connectivity index (χ0v) is 15.0.